The van der Waals surface area contributed by atoms with Crippen LogP contribution in [0.25, 0.3) is 0 Å². The van der Waals surface area contributed by atoms with Crippen molar-refractivity contribution in [1.82, 2.24) is 0 Å². The van der Waals surface area contributed by atoms with E-state index in [4.69, 9.17) is 14.2 Å². The van der Waals surface area contributed by atoms with Gasteiger partial charge >= 0.3 is 0 Å². The van der Waals surface area contributed by atoms with Crippen molar-refractivity contribution in [3.63, 3.8) is 0 Å². The predicted molar refractivity (Wildman–Crippen MR) is 112 cm³/mol. The molecule has 0 radical (unpaired) electrons. The second kappa shape index (κ2) is 9.53. The highest BCUT2D eigenvalue weighted by molar-refractivity contribution is 6.83. The predicted octanol–water partition coefficient (Wildman–Crippen LogP) is 3.11. The highest BCUT2D eigenvalue weighted by Crippen LogP contribution is 2.35. The topological polar surface area (TPSA) is 68.2 Å². The smallest absolute Gasteiger partial charge is 0.176 e. The molecule has 1 heterocycles. The van der Waals surface area contributed by atoms with Crippen molar-refractivity contribution in [2.75, 3.05) is 13.2 Å². The van der Waals surface area contributed by atoms with E-state index in [0.29, 0.717) is 12.8 Å². The van der Waals surface area contributed by atoms with E-state index in [1.54, 1.807) is 0 Å². The number of aliphatic hydroxyl groups is 2. The van der Waals surface area contributed by atoms with Crippen LogP contribution in [0.2, 0.25) is 19.6 Å². The molecule has 2 N–H and O–H groups in total. The van der Waals surface area contributed by atoms with Gasteiger partial charge in [-0.2, -0.15) is 0 Å². The highest BCUT2D eigenvalue weighted by atomic mass is 28.3. The van der Waals surface area contributed by atoms with E-state index in [1.165, 1.54) is 0 Å². The number of hydrogen-bond acceptors (Lipinski definition) is 5. The van der Waals surface area contributed by atoms with Gasteiger partial charge < -0.3 is 24.4 Å². The number of hydrogen-bond donors (Lipinski definition) is 2. The zero-order valence-electron chi connectivity index (χ0n) is 17.7. The van der Waals surface area contributed by atoms with Crippen molar-refractivity contribution in [3.05, 3.63) is 35.9 Å². The summed E-state index contributed by atoms with van der Waals surface area (Å²) < 4.78 is 18.3. The van der Waals surface area contributed by atoms with Crippen molar-refractivity contribution in [3.8, 4) is 11.5 Å². The number of benzene rings is 1. The molecule has 0 aliphatic carbocycles. The van der Waals surface area contributed by atoms with Crippen LogP contribution in [0.5, 0.6) is 0 Å². The lowest BCUT2D eigenvalue weighted by Gasteiger charge is -2.35. The Morgan fingerprint density at radius 3 is 2.39 bits per heavy atom. The first kappa shape index (κ1) is 23.1. The molecule has 1 aromatic rings. The molecule has 0 amide bonds. The zero-order valence-corrected chi connectivity index (χ0v) is 18.7. The summed E-state index contributed by atoms with van der Waals surface area (Å²) in [5.74, 6) is 2.24. The van der Waals surface area contributed by atoms with Crippen LogP contribution >= 0.6 is 0 Å². The molecule has 6 heteroatoms. The lowest BCUT2D eigenvalue weighted by Crippen LogP contribution is -2.54. The van der Waals surface area contributed by atoms with E-state index in [0.717, 1.165) is 5.56 Å². The fraction of sp³-hybridized carbons (Fsp3) is 0.636. The van der Waals surface area contributed by atoms with Gasteiger partial charge in [-0.3, -0.25) is 0 Å². The van der Waals surface area contributed by atoms with Crippen LogP contribution in [0.4, 0.5) is 0 Å². The average molecular weight is 407 g/mol. The molecule has 1 aromatic carbocycles. The first-order valence-corrected chi connectivity index (χ1v) is 13.5. The molecule has 0 spiro atoms. The Morgan fingerprint density at radius 1 is 1.25 bits per heavy atom. The van der Waals surface area contributed by atoms with E-state index in [2.05, 4.69) is 31.1 Å². The van der Waals surface area contributed by atoms with Gasteiger partial charge in [-0.05, 0) is 18.4 Å². The maximum absolute atomic E-state index is 11.2. The van der Waals surface area contributed by atoms with Gasteiger partial charge in [0.1, 0.15) is 20.3 Å². The summed E-state index contributed by atoms with van der Waals surface area (Å²) in [5, 5.41) is 21.3. The van der Waals surface area contributed by atoms with Gasteiger partial charge in [0.05, 0.1) is 19.8 Å². The van der Waals surface area contributed by atoms with Crippen LogP contribution in [0.1, 0.15) is 32.3 Å². The van der Waals surface area contributed by atoms with Gasteiger partial charge in [-0.1, -0.05) is 69.7 Å². The third-order valence-electron chi connectivity index (χ3n) is 4.93. The SMILES string of the molecule is CCC1(CC)OC[C@H]([C@@H](OCc2ccccc2)[C@](O)(C#C[Si](C)(C)C)CO)O1. The molecule has 156 valence electrons. The Hall–Kier alpha value is -1.20. The Kier molecular flexibility index (Phi) is 7.86. The molecule has 1 saturated heterocycles. The standard InChI is InChI=1S/C22H34O5Si/c1-6-22(7-2)26-16-19(27-22)20(25-15-18-11-9-8-10-12-18)21(24,17-23)13-14-28(3,4)5/h8-12,19-20,23-24H,6-7,15-17H2,1-5H3/t19-,20-,21+/m1/s1. The summed E-state index contributed by atoms with van der Waals surface area (Å²) in [6.45, 7) is 10.3. The van der Waals surface area contributed by atoms with Crippen LogP contribution in [-0.2, 0) is 20.8 Å². The van der Waals surface area contributed by atoms with Crippen molar-refractivity contribution in [2.45, 2.75) is 76.5 Å². The number of ether oxygens (including phenoxy) is 3. The van der Waals surface area contributed by atoms with Crippen LogP contribution in [0.3, 0.4) is 0 Å². The van der Waals surface area contributed by atoms with Gasteiger partial charge in [0, 0.05) is 0 Å². The molecule has 0 unspecified atom stereocenters. The lowest BCUT2D eigenvalue weighted by molar-refractivity contribution is -0.206. The van der Waals surface area contributed by atoms with Crippen molar-refractivity contribution < 1.29 is 24.4 Å². The molecule has 28 heavy (non-hydrogen) atoms. The second-order valence-corrected chi connectivity index (χ2v) is 13.1. The normalized spacial score (nSPS) is 22.2. The first-order chi connectivity index (χ1) is 13.2. The van der Waals surface area contributed by atoms with E-state index in [1.807, 2.05) is 44.2 Å². The Balaban J connectivity index is 2.30. The molecule has 2 rings (SSSR count). The van der Waals surface area contributed by atoms with Gasteiger partial charge in [-0.25, -0.2) is 0 Å². The van der Waals surface area contributed by atoms with Crippen molar-refractivity contribution in [2.24, 2.45) is 0 Å². The quantitative estimate of drug-likeness (QED) is 0.513. The van der Waals surface area contributed by atoms with Crippen LogP contribution in [0, 0.1) is 11.5 Å². The lowest BCUT2D eigenvalue weighted by atomic mass is 9.94. The Morgan fingerprint density at radius 2 is 1.89 bits per heavy atom. The summed E-state index contributed by atoms with van der Waals surface area (Å²) in [6, 6.07) is 9.72. The van der Waals surface area contributed by atoms with Crippen LogP contribution in [0.15, 0.2) is 30.3 Å². The van der Waals surface area contributed by atoms with E-state index < -0.39 is 38.3 Å². The van der Waals surface area contributed by atoms with E-state index in [9.17, 15) is 10.2 Å². The molecule has 0 bridgehead atoms. The first-order valence-electron chi connectivity index (χ1n) is 10.0. The van der Waals surface area contributed by atoms with Crippen molar-refractivity contribution in [1.29, 1.82) is 0 Å². The summed E-state index contributed by atoms with van der Waals surface area (Å²) in [4.78, 5) is 0. The number of rotatable bonds is 8. The zero-order chi connectivity index (χ0) is 20.8. The maximum atomic E-state index is 11.2. The van der Waals surface area contributed by atoms with Gasteiger partial charge in [0.2, 0.25) is 0 Å². The Bertz CT molecular complexity index is 672. The monoisotopic (exact) mass is 406 g/mol. The summed E-state index contributed by atoms with van der Waals surface area (Å²) in [7, 11) is -1.76. The van der Waals surface area contributed by atoms with Crippen LogP contribution in [-0.4, -0.2) is 55.1 Å². The minimum atomic E-state index is -1.76. The summed E-state index contributed by atoms with van der Waals surface area (Å²) in [6.07, 6.45) is 0.0471. The van der Waals surface area contributed by atoms with Crippen LogP contribution < -0.4 is 0 Å². The molecule has 1 aliphatic heterocycles. The molecule has 5 nitrogen and oxygen atoms in total. The average Bonchev–Trinajstić information content (AvgIpc) is 3.11. The molecular weight excluding hydrogens is 372 g/mol. The van der Waals surface area contributed by atoms with Gasteiger partial charge in [0.25, 0.3) is 0 Å². The molecule has 0 aromatic heterocycles. The maximum Gasteiger partial charge on any atom is 0.176 e. The molecule has 1 aliphatic rings. The van der Waals surface area contributed by atoms with Crippen molar-refractivity contribution >= 4 is 8.07 Å². The summed E-state index contributed by atoms with van der Waals surface area (Å²) in [5.41, 5.74) is 2.42. The molecule has 1 fully saturated rings. The molecule has 0 saturated carbocycles. The summed E-state index contributed by atoms with van der Waals surface area (Å²) >= 11 is 0. The fourth-order valence-corrected chi connectivity index (χ4v) is 3.75. The third kappa shape index (κ3) is 5.90. The Labute approximate surface area is 170 Å². The largest absolute Gasteiger partial charge is 0.392 e. The third-order valence-corrected chi connectivity index (χ3v) is 5.80. The van der Waals surface area contributed by atoms with E-state index >= 15 is 0 Å². The second-order valence-electron chi connectivity index (χ2n) is 8.38. The number of aliphatic hydroxyl groups excluding tert-OH is 1. The molecule has 3 atom stereocenters. The van der Waals surface area contributed by atoms with Gasteiger partial charge in [-0.15, -0.1) is 5.54 Å². The van der Waals surface area contributed by atoms with Gasteiger partial charge in [0.15, 0.2) is 11.4 Å². The highest BCUT2D eigenvalue weighted by Gasteiger charge is 2.49. The minimum absolute atomic E-state index is 0.285. The molecular formula is C22H34O5Si. The van der Waals surface area contributed by atoms with E-state index in [-0.39, 0.29) is 13.2 Å². The minimum Gasteiger partial charge on any atom is -0.392 e. The fourth-order valence-electron chi connectivity index (χ4n) is 3.16.